The van der Waals surface area contributed by atoms with Gasteiger partial charge in [0.15, 0.2) is 6.61 Å². The van der Waals surface area contributed by atoms with Crippen molar-refractivity contribution in [2.24, 2.45) is 11.8 Å². The third-order valence-electron chi connectivity index (χ3n) is 7.39. The number of nitrogens with one attached hydrogen (secondary N) is 1. The lowest BCUT2D eigenvalue weighted by Crippen LogP contribution is -2.45. The lowest BCUT2D eigenvalue weighted by atomic mass is 9.78. The van der Waals surface area contributed by atoms with Crippen molar-refractivity contribution in [2.45, 2.75) is 52.0 Å². The normalized spacial score (nSPS) is 23.1. The van der Waals surface area contributed by atoms with Gasteiger partial charge in [-0.3, -0.25) is 4.79 Å². The molecule has 2 aliphatic rings. The molecule has 176 valence electrons. The number of rotatable bonds is 5. The zero-order chi connectivity index (χ0) is 23.7. The Kier molecular flexibility index (Phi) is 6.50. The molecule has 0 radical (unpaired) electrons. The number of pyridine rings is 1. The molecule has 0 aliphatic heterocycles. The first-order valence-electron chi connectivity index (χ1n) is 12.1. The van der Waals surface area contributed by atoms with E-state index in [0.717, 1.165) is 53.4 Å². The van der Waals surface area contributed by atoms with Gasteiger partial charge >= 0.3 is 5.97 Å². The quantitative estimate of drug-likeness (QED) is 0.469. The lowest BCUT2D eigenvalue weighted by Gasteiger charge is -2.34. The van der Waals surface area contributed by atoms with E-state index in [-0.39, 0.29) is 18.6 Å². The number of benzene rings is 1. The molecule has 34 heavy (non-hydrogen) atoms. The van der Waals surface area contributed by atoms with E-state index in [2.05, 4.69) is 36.7 Å². The summed E-state index contributed by atoms with van der Waals surface area (Å²) in [5, 5.41) is 5.92. The highest BCUT2D eigenvalue weighted by molar-refractivity contribution is 7.10. The average Bonchev–Trinajstić information content (AvgIpc) is 3.49. The highest BCUT2D eigenvalue weighted by atomic mass is 32.1. The van der Waals surface area contributed by atoms with Crippen LogP contribution in [0.3, 0.4) is 0 Å². The Morgan fingerprint density at radius 2 is 2.00 bits per heavy atom. The largest absolute Gasteiger partial charge is 0.452 e. The monoisotopic (exact) mass is 474 g/mol. The number of hydrogen-bond donors (Lipinski definition) is 1. The van der Waals surface area contributed by atoms with Gasteiger partial charge in [0.25, 0.3) is 5.91 Å². The number of fused-ring (bicyclic) bond motifs is 2. The third-order valence-corrected chi connectivity index (χ3v) is 8.21. The van der Waals surface area contributed by atoms with Gasteiger partial charge in [-0.2, -0.15) is 0 Å². The number of para-hydroxylation sites is 1. The molecule has 0 bridgehead atoms. The topological polar surface area (TPSA) is 68.3 Å². The van der Waals surface area contributed by atoms with Crippen LogP contribution in [0.5, 0.6) is 0 Å². The van der Waals surface area contributed by atoms with Gasteiger partial charge in [-0.1, -0.05) is 51.0 Å². The standard InChI is InChI=1S/C28H30N2O3S/c1-17-7-5-11-23(18(17)2)29-25(31)16-33-28(32)26-21-9-3-4-10-24(21)30-27-19(12-13-22(26)27)15-20-8-6-14-34-20/h3-4,6,8-10,14-15,17-18,23H,5,7,11-13,16H2,1-2H3,(H,29,31). The van der Waals surface area contributed by atoms with Crippen molar-refractivity contribution >= 4 is 45.8 Å². The highest BCUT2D eigenvalue weighted by Gasteiger charge is 2.30. The molecule has 3 unspecified atom stereocenters. The van der Waals surface area contributed by atoms with Gasteiger partial charge in [0, 0.05) is 16.3 Å². The van der Waals surface area contributed by atoms with Crippen molar-refractivity contribution < 1.29 is 14.3 Å². The van der Waals surface area contributed by atoms with Crippen molar-refractivity contribution in [3.05, 3.63) is 63.5 Å². The first-order chi connectivity index (χ1) is 16.5. The van der Waals surface area contributed by atoms with Crippen LogP contribution in [0.1, 0.15) is 66.0 Å². The van der Waals surface area contributed by atoms with E-state index >= 15 is 0 Å². The predicted octanol–water partition coefficient (Wildman–Crippen LogP) is 5.88. The fourth-order valence-electron chi connectivity index (χ4n) is 5.29. The summed E-state index contributed by atoms with van der Waals surface area (Å²) < 4.78 is 5.57. The van der Waals surface area contributed by atoms with E-state index in [4.69, 9.17) is 9.72 Å². The smallest absolute Gasteiger partial charge is 0.339 e. The van der Waals surface area contributed by atoms with Gasteiger partial charge in [-0.25, -0.2) is 9.78 Å². The Bertz CT molecular complexity index is 1250. The van der Waals surface area contributed by atoms with Crippen LogP contribution in [0.15, 0.2) is 41.8 Å². The van der Waals surface area contributed by atoms with Gasteiger partial charge in [0.2, 0.25) is 0 Å². The van der Waals surface area contributed by atoms with E-state index in [1.165, 1.54) is 11.3 Å². The number of carbonyl (C=O) groups excluding carboxylic acids is 2. The summed E-state index contributed by atoms with van der Waals surface area (Å²) >= 11 is 1.68. The van der Waals surface area contributed by atoms with Gasteiger partial charge in [0.05, 0.1) is 16.8 Å². The predicted molar refractivity (Wildman–Crippen MR) is 137 cm³/mol. The average molecular weight is 475 g/mol. The van der Waals surface area contributed by atoms with Crippen LogP contribution < -0.4 is 5.32 Å². The second kappa shape index (κ2) is 9.71. The van der Waals surface area contributed by atoms with E-state index in [1.807, 2.05) is 30.3 Å². The summed E-state index contributed by atoms with van der Waals surface area (Å²) in [5.41, 5.74) is 4.23. The molecule has 1 aromatic carbocycles. The third kappa shape index (κ3) is 4.51. The molecule has 2 heterocycles. The highest BCUT2D eigenvalue weighted by Crippen LogP contribution is 2.38. The molecule has 1 N–H and O–H groups in total. The second-order valence-electron chi connectivity index (χ2n) is 9.53. The van der Waals surface area contributed by atoms with Crippen LogP contribution in [0.4, 0.5) is 0 Å². The minimum Gasteiger partial charge on any atom is -0.452 e. The summed E-state index contributed by atoms with van der Waals surface area (Å²) in [6, 6.07) is 11.9. The number of allylic oxidation sites excluding steroid dienone is 1. The van der Waals surface area contributed by atoms with Crippen molar-refractivity contribution in [1.82, 2.24) is 10.3 Å². The molecule has 3 aromatic rings. The molecule has 6 heteroatoms. The molecule has 1 saturated carbocycles. The van der Waals surface area contributed by atoms with Crippen molar-refractivity contribution in [1.29, 1.82) is 0 Å². The number of amides is 1. The Labute approximate surface area is 204 Å². The van der Waals surface area contributed by atoms with E-state index < -0.39 is 5.97 Å². The summed E-state index contributed by atoms with van der Waals surface area (Å²) in [5.74, 6) is 0.332. The summed E-state index contributed by atoms with van der Waals surface area (Å²) in [7, 11) is 0. The molecule has 0 spiro atoms. The maximum atomic E-state index is 13.3. The lowest BCUT2D eigenvalue weighted by molar-refractivity contribution is -0.125. The van der Waals surface area contributed by atoms with E-state index in [9.17, 15) is 9.59 Å². The van der Waals surface area contributed by atoms with Gasteiger partial charge in [-0.15, -0.1) is 11.3 Å². The van der Waals surface area contributed by atoms with Crippen molar-refractivity contribution in [3.63, 3.8) is 0 Å². The zero-order valence-electron chi connectivity index (χ0n) is 19.7. The molecule has 5 nitrogen and oxygen atoms in total. The van der Waals surface area contributed by atoms with Crippen LogP contribution >= 0.6 is 11.3 Å². The van der Waals surface area contributed by atoms with Crippen LogP contribution in [0.2, 0.25) is 0 Å². The van der Waals surface area contributed by atoms with Gasteiger partial charge in [0.1, 0.15) is 0 Å². The first-order valence-corrected chi connectivity index (χ1v) is 13.0. The minimum atomic E-state index is -0.451. The molecule has 3 atom stereocenters. The SMILES string of the molecule is CC1CCCC(NC(=O)COC(=O)c2c3c(nc4ccccc24)C(=Cc2cccs2)CC3)C1C. The number of esters is 1. The first kappa shape index (κ1) is 22.8. The van der Waals surface area contributed by atoms with E-state index in [1.54, 1.807) is 11.3 Å². The number of hydrogen-bond acceptors (Lipinski definition) is 5. The molecular weight excluding hydrogens is 444 g/mol. The minimum absolute atomic E-state index is 0.144. The number of nitrogens with zero attached hydrogens (tertiary/aromatic N) is 1. The van der Waals surface area contributed by atoms with Crippen LogP contribution in [-0.2, 0) is 16.0 Å². The Morgan fingerprint density at radius 3 is 2.82 bits per heavy atom. The number of aromatic nitrogens is 1. The number of ether oxygens (including phenoxy) is 1. The van der Waals surface area contributed by atoms with Crippen LogP contribution in [-0.4, -0.2) is 29.5 Å². The summed E-state index contributed by atoms with van der Waals surface area (Å²) in [6.07, 6.45) is 7.02. The maximum Gasteiger partial charge on any atom is 0.339 e. The van der Waals surface area contributed by atoms with Crippen LogP contribution in [0.25, 0.3) is 22.6 Å². The maximum absolute atomic E-state index is 13.3. The second-order valence-corrected chi connectivity index (χ2v) is 10.5. The zero-order valence-corrected chi connectivity index (χ0v) is 20.5. The Morgan fingerprint density at radius 1 is 1.15 bits per heavy atom. The molecule has 5 rings (SSSR count). The van der Waals surface area contributed by atoms with Crippen molar-refractivity contribution in [3.8, 4) is 0 Å². The fourth-order valence-corrected chi connectivity index (χ4v) is 5.98. The Balaban J connectivity index is 1.38. The Hall–Kier alpha value is -2.99. The summed E-state index contributed by atoms with van der Waals surface area (Å²) in [6.45, 7) is 4.16. The van der Waals surface area contributed by atoms with Crippen molar-refractivity contribution in [2.75, 3.05) is 6.61 Å². The summed E-state index contributed by atoms with van der Waals surface area (Å²) in [4.78, 5) is 32.0. The molecule has 1 amide bonds. The molecular formula is C28H30N2O3S. The molecule has 2 aliphatic carbocycles. The molecule has 0 saturated heterocycles. The van der Waals surface area contributed by atoms with Gasteiger partial charge < -0.3 is 10.1 Å². The van der Waals surface area contributed by atoms with Gasteiger partial charge in [-0.05, 0) is 65.8 Å². The number of carbonyl (C=O) groups is 2. The molecule has 2 aromatic heterocycles. The van der Waals surface area contributed by atoms with Crippen LogP contribution in [0, 0.1) is 11.8 Å². The molecule has 1 fully saturated rings. The number of thiophene rings is 1. The fraction of sp³-hybridized carbons (Fsp3) is 0.393. The van der Waals surface area contributed by atoms with E-state index in [0.29, 0.717) is 17.4 Å².